The zero-order valence-corrected chi connectivity index (χ0v) is 26.7. The van der Waals surface area contributed by atoms with Gasteiger partial charge in [-0.3, -0.25) is 14.4 Å². The molecular weight excluding hydrogens is 562 g/mol. The number of hydrogen-bond acceptors (Lipinski definition) is 5. The Kier molecular flexibility index (Phi) is 17.6. The topological polar surface area (TPSA) is 95.5 Å². The lowest BCUT2D eigenvalue weighted by atomic mass is 10.1. The number of nitrogens with zero attached hydrogens (tertiary/aromatic N) is 4. The second kappa shape index (κ2) is 20.6. The minimum Gasteiger partial charge on any atom is -0.344 e. The number of carbonyl (C=O) groups excluding carboxylic acids is 3. The molecule has 3 amide bonds. The first-order valence-corrected chi connectivity index (χ1v) is 14.7. The fraction of sp³-hybridized carbons (Fsp3) is 0.324. The number of fused-ring (bicyclic) bond motifs is 1. The van der Waals surface area contributed by atoms with E-state index >= 15 is 0 Å². The van der Waals surface area contributed by atoms with E-state index in [1.54, 1.807) is 47.6 Å². The number of benzene rings is 1. The number of carbonyl (C=O) groups is 3. The Morgan fingerprint density at radius 2 is 1.67 bits per heavy atom. The average molecular weight is 606 g/mol. The Hall–Kier alpha value is -4.30. The van der Waals surface area contributed by atoms with Crippen molar-refractivity contribution >= 4 is 45.8 Å². The normalized spacial score (nSPS) is 12.3. The Balaban J connectivity index is 0.00000452. The Morgan fingerprint density at radius 3 is 2.33 bits per heavy atom. The Bertz CT molecular complexity index is 1370. The van der Waals surface area contributed by atoms with E-state index in [0.717, 1.165) is 28.6 Å². The molecule has 0 fully saturated rings. The maximum atomic E-state index is 12.9. The van der Waals surface area contributed by atoms with Gasteiger partial charge in [0.15, 0.2) is 0 Å². The van der Waals surface area contributed by atoms with Crippen LogP contribution >= 0.6 is 11.6 Å². The van der Waals surface area contributed by atoms with Gasteiger partial charge in [0.05, 0.1) is 16.8 Å². The van der Waals surface area contributed by atoms with Crippen molar-refractivity contribution in [3.63, 3.8) is 0 Å². The molecule has 230 valence electrons. The van der Waals surface area contributed by atoms with Gasteiger partial charge < -0.3 is 15.1 Å². The van der Waals surface area contributed by atoms with Crippen LogP contribution in [0.3, 0.4) is 0 Å². The van der Waals surface area contributed by atoms with E-state index in [1.165, 1.54) is 6.92 Å². The van der Waals surface area contributed by atoms with Gasteiger partial charge in [-0.2, -0.15) is 0 Å². The maximum Gasteiger partial charge on any atom is 0.256 e. The van der Waals surface area contributed by atoms with Crippen LogP contribution in [-0.2, 0) is 14.4 Å². The molecule has 2 aromatic rings. The van der Waals surface area contributed by atoms with Gasteiger partial charge in [-0.15, -0.1) is 13.2 Å². The fourth-order valence-electron chi connectivity index (χ4n) is 3.92. The third kappa shape index (κ3) is 12.2. The van der Waals surface area contributed by atoms with Crippen LogP contribution in [0.5, 0.6) is 0 Å². The molecule has 0 aliphatic carbocycles. The number of nitrogens with one attached hydrogen (secondary N) is 1. The maximum absolute atomic E-state index is 12.9. The smallest absolute Gasteiger partial charge is 0.256 e. The highest BCUT2D eigenvalue weighted by molar-refractivity contribution is 6.35. The fourth-order valence-corrected chi connectivity index (χ4v) is 4.16. The van der Waals surface area contributed by atoms with E-state index in [4.69, 9.17) is 11.6 Å². The van der Waals surface area contributed by atoms with E-state index in [2.05, 4.69) is 41.4 Å². The molecule has 0 radical (unpaired) electrons. The van der Waals surface area contributed by atoms with Crippen molar-refractivity contribution in [2.45, 2.75) is 47.0 Å². The van der Waals surface area contributed by atoms with E-state index in [1.807, 2.05) is 50.3 Å². The van der Waals surface area contributed by atoms with E-state index in [0.29, 0.717) is 31.6 Å². The molecule has 0 bridgehead atoms. The number of likely N-dealkylation sites (N-methyl/N-ethyl adjacent to an activating group) is 2. The molecule has 1 aromatic carbocycles. The minimum absolute atomic E-state index is 0.0492. The van der Waals surface area contributed by atoms with Gasteiger partial charge in [0.25, 0.3) is 5.91 Å². The van der Waals surface area contributed by atoms with Crippen LogP contribution in [0.15, 0.2) is 97.0 Å². The lowest BCUT2D eigenvalue weighted by molar-refractivity contribution is -0.132. The number of amides is 3. The molecule has 0 saturated heterocycles. The number of hydrogen-bond donors (Lipinski definition) is 1. The molecule has 1 N–H and O–H groups in total. The van der Waals surface area contributed by atoms with Crippen LogP contribution in [0.4, 0.5) is 0 Å². The quantitative estimate of drug-likeness (QED) is 0.149. The highest BCUT2D eigenvalue weighted by Crippen LogP contribution is 2.23. The van der Waals surface area contributed by atoms with Crippen LogP contribution in [0.1, 0.15) is 52.7 Å². The van der Waals surface area contributed by atoms with Crippen molar-refractivity contribution in [2.75, 3.05) is 26.7 Å². The van der Waals surface area contributed by atoms with Crippen molar-refractivity contribution < 1.29 is 14.4 Å². The molecule has 9 heteroatoms. The summed E-state index contributed by atoms with van der Waals surface area (Å²) in [5, 5.41) is 3.93. The molecule has 0 spiro atoms. The van der Waals surface area contributed by atoms with Crippen LogP contribution in [0.2, 0.25) is 0 Å². The number of allylic oxidation sites excluding steroid dienone is 6. The molecule has 43 heavy (non-hydrogen) atoms. The Morgan fingerprint density at radius 1 is 0.977 bits per heavy atom. The highest BCUT2D eigenvalue weighted by Gasteiger charge is 2.15. The summed E-state index contributed by atoms with van der Waals surface area (Å²) in [6.07, 6.45) is 15.5. The summed E-state index contributed by atoms with van der Waals surface area (Å²) >= 11 is 6.46. The van der Waals surface area contributed by atoms with Crippen LogP contribution in [-0.4, -0.2) is 64.2 Å². The van der Waals surface area contributed by atoms with Crippen molar-refractivity contribution in [3.8, 4) is 0 Å². The number of halogens is 1. The largest absolute Gasteiger partial charge is 0.344 e. The summed E-state index contributed by atoms with van der Waals surface area (Å²) in [4.78, 5) is 49.1. The molecule has 1 aromatic heterocycles. The van der Waals surface area contributed by atoms with Crippen LogP contribution < -0.4 is 5.32 Å². The molecule has 0 atom stereocenters. The lowest BCUT2D eigenvalue weighted by Crippen LogP contribution is -2.38. The summed E-state index contributed by atoms with van der Waals surface area (Å²) in [7, 11) is 1.70. The summed E-state index contributed by atoms with van der Waals surface area (Å²) in [6, 6.07) is 7.86. The molecule has 2 rings (SSSR count). The molecular formula is C34H44ClN5O3. The van der Waals surface area contributed by atoms with Gasteiger partial charge in [-0.25, -0.2) is 9.97 Å². The van der Waals surface area contributed by atoms with Gasteiger partial charge in [0.2, 0.25) is 11.8 Å². The van der Waals surface area contributed by atoms with Crippen molar-refractivity contribution in [3.05, 3.63) is 103 Å². The van der Waals surface area contributed by atoms with E-state index < -0.39 is 0 Å². The monoisotopic (exact) mass is 605 g/mol. The molecule has 0 saturated carbocycles. The predicted octanol–water partition coefficient (Wildman–Crippen LogP) is 6.59. The van der Waals surface area contributed by atoms with Crippen molar-refractivity contribution in [1.82, 2.24) is 25.1 Å². The molecule has 0 unspecified atom stereocenters. The number of para-hydroxylation sites is 1. The first-order valence-electron chi connectivity index (χ1n) is 14.3. The average Bonchev–Trinajstić information content (AvgIpc) is 3.02. The second-order valence-corrected chi connectivity index (χ2v) is 9.60. The van der Waals surface area contributed by atoms with E-state index in [-0.39, 0.29) is 29.2 Å². The first-order chi connectivity index (χ1) is 20.7. The van der Waals surface area contributed by atoms with Crippen molar-refractivity contribution in [2.24, 2.45) is 0 Å². The second-order valence-electron chi connectivity index (χ2n) is 9.20. The standard InChI is InChI=1S/C32H40ClN5O3.C2H4/c1-6-13-25(31-27-16-9-10-17-29(27)35-23-36-31)15-11-12-20-34-32(41)26(14-7-2)28(33)18-19-30(40)38(8-3)22-21-37(5)24(4)39;1-2/h9-18,20,23H,6-8,19,21-22H2,1-5H3,(H,34,41);1-2H2/b15-11-,20-12+,25-13+,26-14+,28-18+;. The van der Waals surface area contributed by atoms with Gasteiger partial charge in [0, 0.05) is 56.6 Å². The first kappa shape index (κ1) is 36.7. The highest BCUT2D eigenvalue weighted by atomic mass is 35.5. The van der Waals surface area contributed by atoms with Gasteiger partial charge >= 0.3 is 0 Å². The zero-order valence-electron chi connectivity index (χ0n) is 26.0. The van der Waals surface area contributed by atoms with Gasteiger partial charge in [-0.1, -0.05) is 74.0 Å². The number of rotatable bonds is 14. The zero-order chi connectivity index (χ0) is 32.2. The van der Waals surface area contributed by atoms with Crippen LogP contribution in [0, 0.1) is 0 Å². The number of aromatic nitrogens is 2. The van der Waals surface area contributed by atoms with E-state index in [9.17, 15) is 14.4 Å². The van der Waals surface area contributed by atoms with Crippen LogP contribution in [0.25, 0.3) is 16.5 Å². The molecule has 0 aliphatic heterocycles. The predicted molar refractivity (Wildman–Crippen MR) is 178 cm³/mol. The Labute approximate surface area is 261 Å². The SMILES string of the molecule is C=C.CC/C=C(C(=O)N/C=C/C=C\C(=C/CC)c1ncnc2ccccc12)\C(Cl)=C/CC(=O)N(CC)CCN(C)C(C)=O. The van der Waals surface area contributed by atoms with Gasteiger partial charge in [-0.05, 0) is 37.5 Å². The minimum atomic E-state index is -0.369. The summed E-state index contributed by atoms with van der Waals surface area (Å²) in [5.74, 6) is -0.554. The summed E-state index contributed by atoms with van der Waals surface area (Å²) < 4.78 is 0. The third-order valence-corrected chi connectivity index (χ3v) is 6.64. The van der Waals surface area contributed by atoms with Crippen molar-refractivity contribution in [1.29, 1.82) is 0 Å². The lowest BCUT2D eigenvalue weighted by Gasteiger charge is -2.23. The van der Waals surface area contributed by atoms with Gasteiger partial charge in [0.1, 0.15) is 6.33 Å². The summed E-state index contributed by atoms with van der Waals surface area (Å²) in [5.41, 5.74) is 2.98. The summed E-state index contributed by atoms with van der Waals surface area (Å²) in [6.45, 7) is 14.7. The molecule has 1 heterocycles. The molecule has 0 aliphatic rings. The third-order valence-electron chi connectivity index (χ3n) is 6.28. The molecule has 8 nitrogen and oxygen atoms in total.